The van der Waals surface area contributed by atoms with Crippen molar-refractivity contribution >= 4 is 34.9 Å². The summed E-state index contributed by atoms with van der Waals surface area (Å²) in [5.74, 6) is 0.349. The van der Waals surface area contributed by atoms with Crippen LogP contribution in [0.4, 0.5) is 11.5 Å². The van der Waals surface area contributed by atoms with E-state index >= 15 is 0 Å². The number of halogens is 1. The van der Waals surface area contributed by atoms with Gasteiger partial charge >= 0.3 is 0 Å². The first-order valence-electron chi connectivity index (χ1n) is 7.93. The van der Waals surface area contributed by atoms with E-state index in [1.54, 1.807) is 21.9 Å². The second-order valence-electron chi connectivity index (χ2n) is 5.69. The van der Waals surface area contributed by atoms with Crippen LogP contribution in [-0.4, -0.2) is 57.8 Å². The van der Waals surface area contributed by atoms with E-state index in [-0.39, 0.29) is 11.8 Å². The molecule has 0 bridgehead atoms. The molecule has 0 aliphatic carbocycles. The molecule has 8 heteroatoms. The highest BCUT2D eigenvalue weighted by Crippen LogP contribution is 2.24. The van der Waals surface area contributed by atoms with E-state index in [1.165, 1.54) is 13.3 Å². The van der Waals surface area contributed by atoms with Crippen LogP contribution in [0, 0.1) is 0 Å². The summed E-state index contributed by atoms with van der Waals surface area (Å²) < 4.78 is 0. The summed E-state index contributed by atoms with van der Waals surface area (Å²) >= 11 is 6.12. The molecular formula is C17H18ClN5O2. The van der Waals surface area contributed by atoms with E-state index in [2.05, 4.69) is 15.3 Å². The molecule has 130 valence electrons. The minimum atomic E-state index is -0.173. The summed E-state index contributed by atoms with van der Waals surface area (Å²) in [7, 11) is 0. The van der Waals surface area contributed by atoms with Gasteiger partial charge in [-0.25, -0.2) is 9.97 Å². The van der Waals surface area contributed by atoms with Crippen molar-refractivity contribution in [3.63, 3.8) is 0 Å². The van der Waals surface area contributed by atoms with E-state index in [0.29, 0.717) is 48.4 Å². The maximum Gasteiger partial charge on any atom is 0.272 e. The Balaban J connectivity index is 1.70. The Morgan fingerprint density at radius 3 is 2.44 bits per heavy atom. The molecule has 1 saturated heterocycles. The highest BCUT2D eigenvalue weighted by Gasteiger charge is 2.24. The molecular weight excluding hydrogens is 342 g/mol. The van der Waals surface area contributed by atoms with Gasteiger partial charge in [-0.05, 0) is 12.1 Å². The summed E-state index contributed by atoms with van der Waals surface area (Å²) in [6, 6.07) is 8.89. The SMILES string of the molecule is CC(=O)N1CCN(C(=O)c2cc(Nc3ccccc3Cl)ncn2)CC1. The number of para-hydroxylation sites is 1. The number of anilines is 2. The number of amides is 2. The number of benzene rings is 1. The molecule has 0 spiro atoms. The fourth-order valence-electron chi connectivity index (χ4n) is 2.63. The lowest BCUT2D eigenvalue weighted by Gasteiger charge is -2.34. The lowest BCUT2D eigenvalue weighted by Crippen LogP contribution is -2.50. The zero-order valence-electron chi connectivity index (χ0n) is 13.8. The predicted molar refractivity (Wildman–Crippen MR) is 94.9 cm³/mol. The summed E-state index contributed by atoms with van der Waals surface area (Å²) in [6.07, 6.45) is 1.35. The lowest BCUT2D eigenvalue weighted by atomic mass is 10.2. The minimum absolute atomic E-state index is 0.0281. The van der Waals surface area contributed by atoms with E-state index in [0.717, 1.165) is 0 Å². The zero-order chi connectivity index (χ0) is 17.8. The standard InChI is InChI=1S/C17H18ClN5O2/c1-12(24)22-6-8-23(9-7-22)17(25)15-10-16(20-11-19-15)21-14-5-3-2-4-13(14)18/h2-5,10-11H,6-9H2,1H3,(H,19,20,21). The Kier molecular flexibility index (Phi) is 5.14. The van der Waals surface area contributed by atoms with Crippen molar-refractivity contribution in [2.24, 2.45) is 0 Å². The minimum Gasteiger partial charge on any atom is -0.339 e. The third kappa shape index (κ3) is 4.06. The van der Waals surface area contributed by atoms with Gasteiger partial charge in [0.1, 0.15) is 17.8 Å². The number of carbonyl (C=O) groups excluding carboxylic acids is 2. The smallest absolute Gasteiger partial charge is 0.272 e. The van der Waals surface area contributed by atoms with Crippen LogP contribution in [0.5, 0.6) is 0 Å². The molecule has 0 atom stereocenters. The number of hydrogen-bond donors (Lipinski definition) is 1. The van der Waals surface area contributed by atoms with Gasteiger partial charge in [0.2, 0.25) is 5.91 Å². The normalized spacial score (nSPS) is 14.3. The van der Waals surface area contributed by atoms with Crippen LogP contribution in [0.15, 0.2) is 36.7 Å². The molecule has 1 aromatic heterocycles. The molecule has 25 heavy (non-hydrogen) atoms. The molecule has 0 unspecified atom stereocenters. The second-order valence-corrected chi connectivity index (χ2v) is 6.10. The van der Waals surface area contributed by atoms with Gasteiger partial charge < -0.3 is 15.1 Å². The van der Waals surface area contributed by atoms with Crippen molar-refractivity contribution in [2.75, 3.05) is 31.5 Å². The maximum absolute atomic E-state index is 12.6. The quantitative estimate of drug-likeness (QED) is 0.908. The number of rotatable bonds is 3. The average Bonchev–Trinajstić information content (AvgIpc) is 2.63. The predicted octanol–water partition coefficient (Wildman–Crippen LogP) is 2.18. The molecule has 7 nitrogen and oxygen atoms in total. The molecule has 2 heterocycles. The van der Waals surface area contributed by atoms with E-state index in [1.807, 2.05) is 18.2 Å². The molecule has 1 fully saturated rings. The van der Waals surface area contributed by atoms with E-state index in [4.69, 9.17) is 11.6 Å². The number of carbonyl (C=O) groups is 2. The van der Waals surface area contributed by atoms with Crippen molar-refractivity contribution < 1.29 is 9.59 Å². The number of nitrogens with zero attached hydrogens (tertiary/aromatic N) is 4. The summed E-state index contributed by atoms with van der Waals surface area (Å²) in [4.78, 5) is 35.6. The molecule has 2 aromatic rings. The van der Waals surface area contributed by atoms with E-state index in [9.17, 15) is 9.59 Å². The molecule has 3 rings (SSSR count). The average molecular weight is 360 g/mol. The van der Waals surface area contributed by atoms with Crippen LogP contribution in [0.1, 0.15) is 17.4 Å². The summed E-state index contributed by atoms with van der Waals surface area (Å²) in [5, 5.41) is 3.65. The largest absolute Gasteiger partial charge is 0.339 e. The monoisotopic (exact) mass is 359 g/mol. The van der Waals surface area contributed by atoms with Crippen molar-refractivity contribution in [3.05, 3.63) is 47.4 Å². The molecule has 1 aliphatic rings. The number of piperazine rings is 1. The zero-order valence-corrected chi connectivity index (χ0v) is 14.5. The van der Waals surface area contributed by atoms with Crippen LogP contribution >= 0.6 is 11.6 Å². The van der Waals surface area contributed by atoms with Crippen molar-refractivity contribution in [1.82, 2.24) is 19.8 Å². The highest BCUT2D eigenvalue weighted by molar-refractivity contribution is 6.33. The molecule has 0 saturated carbocycles. The maximum atomic E-state index is 12.6. The Bertz CT molecular complexity index is 790. The Hall–Kier alpha value is -2.67. The summed E-state index contributed by atoms with van der Waals surface area (Å²) in [6.45, 7) is 3.60. The van der Waals surface area contributed by atoms with Gasteiger partial charge in [-0.15, -0.1) is 0 Å². The van der Waals surface area contributed by atoms with Crippen LogP contribution < -0.4 is 5.32 Å². The van der Waals surface area contributed by atoms with Gasteiger partial charge in [0.15, 0.2) is 0 Å². The number of aromatic nitrogens is 2. The number of hydrogen-bond acceptors (Lipinski definition) is 5. The van der Waals surface area contributed by atoms with Crippen LogP contribution in [0.3, 0.4) is 0 Å². The van der Waals surface area contributed by atoms with Crippen molar-refractivity contribution in [2.45, 2.75) is 6.92 Å². The Labute approximate surface area is 150 Å². The fourth-order valence-corrected chi connectivity index (χ4v) is 2.81. The van der Waals surface area contributed by atoms with Gasteiger partial charge in [-0.2, -0.15) is 0 Å². The first kappa shape index (κ1) is 17.2. The Morgan fingerprint density at radius 2 is 1.76 bits per heavy atom. The molecule has 2 amide bonds. The second kappa shape index (κ2) is 7.48. The topological polar surface area (TPSA) is 78.4 Å². The highest BCUT2D eigenvalue weighted by atomic mass is 35.5. The first-order valence-corrected chi connectivity index (χ1v) is 8.31. The molecule has 1 aromatic carbocycles. The van der Waals surface area contributed by atoms with Gasteiger partial charge in [-0.1, -0.05) is 23.7 Å². The van der Waals surface area contributed by atoms with Crippen LogP contribution in [0.25, 0.3) is 0 Å². The van der Waals surface area contributed by atoms with Crippen molar-refractivity contribution in [1.29, 1.82) is 0 Å². The lowest BCUT2D eigenvalue weighted by molar-refractivity contribution is -0.130. The van der Waals surface area contributed by atoms with Crippen LogP contribution in [0.2, 0.25) is 5.02 Å². The molecule has 0 radical (unpaired) electrons. The Morgan fingerprint density at radius 1 is 1.08 bits per heavy atom. The van der Waals surface area contributed by atoms with Crippen molar-refractivity contribution in [3.8, 4) is 0 Å². The third-order valence-electron chi connectivity index (χ3n) is 4.04. The molecule has 1 N–H and O–H groups in total. The summed E-state index contributed by atoms with van der Waals surface area (Å²) in [5.41, 5.74) is 1.01. The van der Waals surface area contributed by atoms with Gasteiger partial charge in [0, 0.05) is 39.2 Å². The van der Waals surface area contributed by atoms with Gasteiger partial charge in [0.25, 0.3) is 5.91 Å². The van der Waals surface area contributed by atoms with Crippen LogP contribution in [-0.2, 0) is 4.79 Å². The van der Waals surface area contributed by atoms with E-state index < -0.39 is 0 Å². The third-order valence-corrected chi connectivity index (χ3v) is 4.36. The first-order chi connectivity index (χ1) is 12.0. The van der Waals surface area contributed by atoms with Gasteiger partial charge in [-0.3, -0.25) is 9.59 Å². The number of nitrogens with one attached hydrogen (secondary N) is 1. The fraction of sp³-hybridized carbons (Fsp3) is 0.294. The molecule has 1 aliphatic heterocycles. The van der Waals surface area contributed by atoms with Gasteiger partial charge in [0.05, 0.1) is 10.7 Å².